The Morgan fingerprint density at radius 3 is 2.89 bits per heavy atom. The van der Waals surface area contributed by atoms with Crippen LogP contribution in [0.1, 0.15) is 24.9 Å². The number of carbonyl (C=O) groups is 1. The Morgan fingerprint density at radius 2 is 2.26 bits per heavy atom. The average Bonchev–Trinajstić information content (AvgIpc) is 2.67. The van der Waals surface area contributed by atoms with Gasteiger partial charge in [0.15, 0.2) is 0 Å². The Labute approximate surface area is 122 Å². The van der Waals surface area contributed by atoms with Crippen molar-refractivity contribution in [1.82, 2.24) is 9.80 Å². The predicted molar refractivity (Wildman–Crippen MR) is 79.9 cm³/mol. The summed E-state index contributed by atoms with van der Waals surface area (Å²) in [4.78, 5) is 16.0. The van der Waals surface area contributed by atoms with Gasteiger partial charge < -0.3 is 15.5 Å². The highest BCUT2D eigenvalue weighted by Gasteiger charge is 2.37. The molecule has 5 heteroatoms. The zero-order chi connectivity index (χ0) is 14.0. The molecule has 0 bridgehead atoms. The summed E-state index contributed by atoms with van der Waals surface area (Å²) in [5.74, 6) is 0. The molecule has 0 spiro atoms. The summed E-state index contributed by atoms with van der Waals surface area (Å²) in [7, 11) is 1.86. The summed E-state index contributed by atoms with van der Waals surface area (Å²) < 4.78 is 1.04. The van der Waals surface area contributed by atoms with Gasteiger partial charge in [0.05, 0.1) is 6.04 Å². The molecule has 2 N–H and O–H groups in total. The van der Waals surface area contributed by atoms with Gasteiger partial charge in [-0.2, -0.15) is 0 Å². The lowest BCUT2D eigenvalue weighted by atomic mass is 10.1. The molecule has 104 valence electrons. The molecule has 1 aromatic carbocycles. The quantitative estimate of drug-likeness (QED) is 0.925. The minimum Gasteiger partial charge on any atom is -0.330 e. The van der Waals surface area contributed by atoms with Crippen molar-refractivity contribution in [3.63, 3.8) is 0 Å². The molecular formula is C14H20BrN3O. The third-order valence-corrected chi connectivity index (χ3v) is 4.23. The third-order valence-electron chi connectivity index (χ3n) is 3.73. The maximum atomic E-state index is 12.3. The van der Waals surface area contributed by atoms with E-state index < -0.39 is 0 Å². The summed E-state index contributed by atoms with van der Waals surface area (Å²) in [6.45, 7) is 3.39. The van der Waals surface area contributed by atoms with E-state index in [0.717, 1.165) is 23.0 Å². The zero-order valence-electron chi connectivity index (χ0n) is 11.3. The second-order valence-electron chi connectivity index (χ2n) is 5.04. The summed E-state index contributed by atoms with van der Waals surface area (Å²) in [6.07, 6.45) is 0.838. The van der Waals surface area contributed by atoms with Crippen molar-refractivity contribution < 1.29 is 4.79 Å². The van der Waals surface area contributed by atoms with Gasteiger partial charge in [-0.3, -0.25) is 0 Å². The fourth-order valence-corrected chi connectivity index (χ4v) is 2.95. The molecular weight excluding hydrogens is 306 g/mol. The molecule has 0 aliphatic carbocycles. The highest BCUT2D eigenvalue weighted by molar-refractivity contribution is 9.10. The van der Waals surface area contributed by atoms with Crippen LogP contribution in [0, 0.1) is 0 Å². The van der Waals surface area contributed by atoms with Crippen LogP contribution < -0.4 is 5.73 Å². The molecule has 1 aliphatic heterocycles. The van der Waals surface area contributed by atoms with Gasteiger partial charge in [-0.1, -0.05) is 28.1 Å². The number of urea groups is 1. The van der Waals surface area contributed by atoms with E-state index in [9.17, 15) is 4.79 Å². The minimum atomic E-state index is 0.0888. The number of hydrogen-bond acceptors (Lipinski definition) is 2. The Balaban J connectivity index is 2.18. The average molecular weight is 326 g/mol. The predicted octanol–water partition coefficient (Wildman–Crippen LogP) is 2.59. The molecule has 2 unspecified atom stereocenters. The van der Waals surface area contributed by atoms with E-state index in [1.54, 1.807) is 0 Å². The molecule has 1 heterocycles. The van der Waals surface area contributed by atoms with Crippen molar-refractivity contribution in [3.8, 4) is 0 Å². The zero-order valence-corrected chi connectivity index (χ0v) is 12.9. The number of amides is 2. The van der Waals surface area contributed by atoms with Gasteiger partial charge >= 0.3 is 6.03 Å². The number of nitrogens with two attached hydrogens (primary N) is 1. The lowest BCUT2D eigenvalue weighted by Crippen LogP contribution is -2.37. The number of carbonyl (C=O) groups excluding carboxylic acids is 1. The van der Waals surface area contributed by atoms with E-state index >= 15 is 0 Å². The van der Waals surface area contributed by atoms with Gasteiger partial charge in [-0.25, -0.2) is 4.79 Å². The molecule has 1 aliphatic rings. The maximum absolute atomic E-state index is 12.3. The molecule has 2 rings (SSSR count). The Morgan fingerprint density at radius 1 is 1.53 bits per heavy atom. The first kappa shape index (κ1) is 14.3. The van der Waals surface area contributed by atoms with Gasteiger partial charge in [-0.15, -0.1) is 0 Å². The van der Waals surface area contributed by atoms with E-state index in [-0.39, 0.29) is 18.1 Å². The van der Waals surface area contributed by atoms with Crippen molar-refractivity contribution >= 4 is 22.0 Å². The summed E-state index contributed by atoms with van der Waals surface area (Å²) in [6, 6.07) is 8.54. The van der Waals surface area contributed by atoms with Gasteiger partial charge in [0.2, 0.25) is 0 Å². The van der Waals surface area contributed by atoms with Crippen molar-refractivity contribution in [3.05, 3.63) is 34.3 Å². The highest BCUT2D eigenvalue weighted by atomic mass is 79.9. The molecule has 0 saturated carbocycles. The van der Waals surface area contributed by atoms with Gasteiger partial charge in [0, 0.05) is 24.1 Å². The van der Waals surface area contributed by atoms with Gasteiger partial charge in [0.25, 0.3) is 0 Å². The summed E-state index contributed by atoms with van der Waals surface area (Å²) in [5, 5.41) is 0. The lowest BCUT2D eigenvalue weighted by Gasteiger charge is -2.23. The normalized spacial score (nSPS) is 21.1. The van der Waals surface area contributed by atoms with E-state index in [4.69, 9.17) is 5.73 Å². The summed E-state index contributed by atoms with van der Waals surface area (Å²) in [5.41, 5.74) is 6.74. The number of halogens is 1. The second kappa shape index (κ2) is 5.92. The van der Waals surface area contributed by atoms with Crippen LogP contribution in [0.4, 0.5) is 4.79 Å². The largest absolute Gasteiger partial charge is 0.330 e. The van der Waals surface area contributed by atoms with E-state index in [2.05, 4.69) is 35.0 Å². The molecule has 1 saturated heterocycles. The first-order valence-corrected chi connectivity index (χ1v) is 7.33. The third kappa shape index (κ3) is 2.92. The van der Waals surface area contributed by atoms with Crippen molar-refractivity contribution in [1.29, 1.82) is 0 Å². The van der Waals surface area contributed by atoms with Crippen LogP contribution in [0.25, 0.3) is 0 Å². The molecule has 0 radical (unpaired) electrons. The number of benzene rings is 1. The first-order valence-electron chi connectivity index (χ1n) is 6.53. The number of nitrogens with zero attached hydrogens (tertiary/aromatic N) is 2. The Kier molecular flexibility index (Phi) is 4.47. The lowest BCUT2D eigenvalue weighted by molar-refractivity contribution is 0.182. The van der Waals surface area contributed by atoms with E-state index in [1.807, 2.05) is 29.0 Å². The van der Waals surface area contributed by atoms with Crippen LogP contribution in [0.3, 0.4) is 0 Å². The van der Waals surface area contributed by atoms with Crippen LogP contribution >= 0.6 is 15.9 Å². The fraction of sp³-hybridized carbons (Fsp3) is 0.500. The molecule has 2 atom stereocenters. The molecule has 19 heavy (non-hydrogen) atoms. The Bertz CT molecular complexity index is 466. The van der Waals surface area contributed by atoms with Crippen molar-refractivity contribution in [2.45, 2.75) is 25.4 Å². The van der Waals surface area contributed by atoms with Crippen molar-refractivity contribution in [2.75, 3.05) is 20.1 Å². The van der Waals surface area contributed by atoms with Crippen LogP contribution in [0.5, 0.6) is 0 Å². The summed E-state index contributed by atoms with van der Waals surface area (Å²) >= 11 is 3.48. The number of hydrogen-bond donors (Lipinski definition) is 1. The fourth-order valence-electron chi connectivity index (χ4n) is 2.53. The van der Waals surface area contributed by atoms with Gasteiger partial charge in [-0.05, 0) is 37.6 Å². The van der Waals surface area contributed by atoms with Crippen molar-refractivity contribution in [2.24, 2.45) is 5.73 Å². The highest BCUT2D eigenvalue weighted by Crippen LogP contribution is 2.31. The smallest absolute Gasteiger partial charge is 0.320 e. The van der Waals surface area contributed by atoms with Crippen LogP contribution in [0.2, 0.25) is 0 Å². The molecule has 1 aromatic rings. The van der Waals surface area contributed by atoms with Gasteiger partial charge in [0.1, 0.15) is 0 Å². The number of rotatable bonds is 4. The van der Waals surface area contributed by atoms with E-state index in [0.29, 0.717) is 6.54 Å². The van der Waals surface area contributed by atoms with E-state index in [1.165, 1.54) is 0 Å². The number of likely N-dealkylation sites (N-methyl/N-ethyl adjacent to an activating group) is 1. The minimum absolute atomic E-state index is 0.0888. The van der Waals surface area contributed by atoms with Crippen LogP contribution in [-0.2, 0) is 0 Å². The molecule has 2 amide bonds. The van der Waals surface area contributed by atoms with Crippen LogP contribution in [0.15, 0.2) is 28.7 Å². The SMILES string of the molecule is CC(CCN)N1CC(c2cccc(Br)c2)N(C)C1=O. The first-order chi connectivity index (χ1) is 9.04. The molecule has 0 aromatic heterocycles. The molecule has 1 fully saturated rings. The monoisotopic (exact) mass is 325 g/mol. The van der Waals surface area contributed by atoms with Crippen LogP contribution in [-0.4, -0.2) is 42.0 Å². The second-order valence-corrected chi connectivity index (χ2v) is 5.96. The topological polar surface area (TPSA) is 49.6 Å². The standard InChI is InChI=1S/C14H20BrN3O/c1-10(6-7-16)18-9-13(17(2)14(18)19)11-4-3-5-12(15)8-11/h3-5,8,10,13H,6-7,9,16H2,1-2H3. The maximum Gasteiger partial charge on any atom is 0.320 e. The molecule has 4 nitrogen and oxygen atoms in total. The Hall–Kier alpha value is -1.07.